The third-order valence-corrected chi connectivity index (χ3v) is 2.44. The van der Waals surface area contributed by atoms with E-state index in [9.17, 15) is 22.8 Å². The molecule has 0 atom stereocenters. The van der Waals surface area contributed by atoms with Crippen molar-refractivity contribution >= 4 is 11.6 Å². The summed E-state index contributed by atoms with van der Waals surface area (Å²) in [6.45, 7) is 0. The van der Waals surface area contributed by atoms with Crippen LogP contribution in [0, 0.1) is 0 Å². The van der Waals surface area contributed by atoms with Gasteiger partial charge in [-0.15, -0.1) is 13.2 Å². The van der Waals surface area contributed by atoms with Gasteiger partial charge in [0.2, 0.25) is 0 Å². The van der Waals surface area contributed by atoms with Crippen molar-refractivity contribution in [2.75, 3.05) is 0 Å². The predicted molar refractivity (Wildman–Crippen MR) is 64.4 cm³/mol. The monoisotopic (exact) mass is 306 g/mol. The lowest BCUT2D eigenvalue weighted by Crippen LogP contribution is -2.33. The van der Waals surface area contributed by atoms with Gasteiger partial charge in [-0.25, -0.2) is 9.36 Å². The molecule has 0 bridgehead atoms. The van der Waals surface area contributed by atoms with Gasteiger partial charge in [0.25, 0.3) is 5.56 Å². The second kappa shape index (κ2) is 5.04. The maximum Gasteiger partial charge on any atom is 0.573 e. The molecule has 0 amide bonds. The van der Waals surface area contributed by atoms with E-state index in [0.717, 1.165) is 18.2 Å². The van der Waals surface area contributed by atoms with Gasteiger partial charge in [-0.2, -0.15) is 0 Å². The van der Waals surface area contributed by atoms with E-state index in [-0.39, 0.29) is 10.8 Å². The molecule has 9 heteroatoms. The second-order valence-electron chi connectivity index (χ2n) is 3.61. The van der Waals surface area contributed by atoms with Gasteiger partial charge < -0.3 is 4.74 Å². The van der Waals surface area contributed by atoms with Crippen LogP contribution in [-0.2, 0) is 0 Å². The number of hydrogen-bond donors (Lipinski definition) is 1. The minimum absolute atomic E-state index is 0.217. The lowest BCUT2D eigenvalue weighted by Gasteiger charge is -2.13. The van der Waals surface area contributed by atoms with E-state index in [0.29, 0.717) is 4.57 Å². The van der Waals surface area contributed by atoms with Crippen molar-refractivity contribution in [2.45, 2.75) is 6.36 Å². The molecule has 2 rings (SSSR count). The molecule has 1 aromatic carbocycles. The Morgan fingerprint density at radius 3 is 2.45 bits per heavy atom. The molecule has 0 saturated heterocycles. The summed E-state index contributed by atoms with van der Waals surface area (Å²) in [4.78, 5) is 25.5. The molecule has 20 heavy (non-hydrogen) atoms. The van der Waals surface area contributed by atoms with Crippen LogP contribution in [-0.4, -0.2) is 15.9 Å². The maximum absolute atomic E-state index is 12.3. The largest absolute Gasteiger partial charge is 0.573 e. The van der Waals surface area contributed by atoms with Crippen LogP contribution in [0.2, 0.25) is 5.15 Å². The van der Waals surface area contributed by atoms with Gasteiger partial charge in [-0.1, -0.05) is 23.7 Å². The minimum Gasteiger partial charge on any atom is -0.404 e. The minimum atomic E-state index is -4.95. The molecule has 0 spiro atoms. The fourth-order valence-electron chi connectivity index (χ4n) is 1.55. The van der Waals surface area contributed by atoms with E-state index in [2.05, 4.69) is 9.72 Å². The van der Waals surface area contributed by atoms with E-state index >= 15 is 0 Å². The lowest BCUT2D eigenvalue weighted by molar-refractivity contribution is -0.274. The van der Waals surface area contributed by atoms with Crippen LogP contribution in [0.3, 0.4) is 0 Å². The molecule has 106 valence electrons. The van der Waals surface area contributed by atoms with Gasteiger partial charge in [0, 0.05) is 6.07 Å². The van der Waals surface area contributed by atoms with E-state index in [4.69, 9.17) is 11.6 Å². The fraction of sp³-hybridized carbons (Fsp3) is 0.0909. The van der Waals surface area contributed by atoms with Gasteiger partial charge in [-0.05, 0) is 12.1 Å². The maximum atomic E-state index is 12.3. The Hall–Kier alpha value is -2.22. The average molecular weight is 307 g/mol. The van der Waals surface area contributed by atoms with Crippen molar-refractivity contribution in [1.29, 1.82) is 0 Å². The standard InChI is InChI=1S/C11H6ClF3N2O3/c12-8-5-9(18)17(10(19)16-8)6-3-1-2-4-7(6)20-11(13,14)15/h1-5H,(H,16,19). The first kappa shape index (κ1) is 14.2. The Bertz CT molecular complexity index is 720. The fourth-order valence-corrected chi connectivity index (χ4v) is 1.72. The van der Waals surface area contributed by atoms with Crippen LogP contribution < -0.4 is 16.0 Å². The van der Waals surface area contributed by atoms with Crippen LogP contribution in [0.25, 0.3) is 5.69 Å². The zero-order valence-electron chi connectivity index (χ0n) is 9.57. The van der Waals surface area contributed by atoms with Crippen LogP contribution >= 0.6 is 11.6 Å². The highest BCUT2D eigenvalue weighted by Crippen LogP contribution is 2.27. The van der Waals surface area contributed by atoms with Crippen molar-refractivity contribution in [1.82, 2.24) is 9.55 Å². The molecule has 1 N–H and O–H groups in total. The molecule has 1 heterocycles. The SMILES string of the molecule is O=c1cc(Cl)[nH]c(=O)n1-c1ccccc1OC(F)(F)F. The summed E-state index contributed by atoms with van der Waals surface area (Å²) in [5, 5.41) is -0.217. The number of rotatable bonds is 2. The molecule has 0 fully saturated rings. The summed E-state index contributed by atoms with van der Waals surface area (Å²) < 4.78 is 41.1. The van der Waals surface area contributed by atoms with E-state index in [1.807, 2.05) is 0 Å². The Morgan fingerprint density at radius 1 is 1.20 bits per heavy atom. The first-order valence-corrected chi connectivity index (χ1v) is 5.53. The van der Waals surface area contributed by atoms with Gasteiger partial charge in [-0.3, -0.25) is 9.78 Å². The molecule has 1 aromatic heterocycles. The number of halogens is 4. The third kappa shape index (κ3) is 3.02. The van der Waals surface area contributed by atoms with Crippen molar-refractivity contribution in [3.8, 4) is 11.4 Å². The van der Waals surface area contributed by atoms with Crippen LogP contribution in [0.5, 0.6) is 5.75 Å². The highest BCUT2D eigenvalue weighted by atomic mass is 35.5. The molecule has 0 saturated carbocycles. The lowest BCUT2D eigenvalue weighted by atomic mass is 10.3. The summed E-state index contributed by atoms with van der Waals surface area (Å²) in [5.74, 6) is -0.671. The summed E-state index contributed by atoms with van der Waals surface area (Å²) in [6, 6.07) is 5.64. The second-order valence-corrected chi connectivity index (χ2v) is 4.02. The van der Waals surface area contributed by atoms with E-state index < -0.39 is 23.4 Å². The van der Waals surface area contributed by atoms with Crippen molar-refractivity contribution < 1.29 is 17.9 Å². The molecule has 0 aliphatic rings. The van der Waals surface area contributed by atoms with Gasteiger partial charge in [0.1, 0.15) is 5.15 Å². The quantitative estimate of drug-likeness (QED) is 0.864. The number of nitrogens with one attached hydrogen (secondary N) is 1. The molecule has 2 aromatic rings. The summed E-state index contributed by atoms with van der Waals surface area (Å²) in [5.41, 5.74) is -2.19. The molecule has 0 radical (unpaired) electrons. The van der Waals surface area contributed by atoms with E-state index in [1.54, 1.807) is 0 Å². The highest BCUT2D eigenvalue weighted by molar-refractivity contribution is 6.29. The number of hydrogen-bond acceptors (Lipinski definition) is 3. The number of alkyl halides is 3. The highest BCUT2D eigenvalue weighted by Gasteiger charge is 2.32. The van der Waals surface area contributed by atoms with Crippen LogP contribution in [0.4, 0.5) is 13.2 Å². The van der Waals surface area contributed by atoms with Gasteiger partial charge in [0.05, 0.1) is 5.69 Å². The number of ether oxygens (including phenoxy) is 1. The number of benzene rings is 1. The first-order valence-electron chi connectivity index (χ1n) is 5.15. The number of para-hydroxylation sites is 2. The van der Waals surface area contributed by atoms with Crippen molar-refractivity contribution in [3.63, 3.8) is 0 Å². The van der Waals surface area contributed by atoms with Crippen molar-refractivity contribution in [2.24, 2.45) is 0 Å². The third-order valence-electron chi connectivity index (χ3n) is 2.23. The number of aromatic amines is 1. The molecular weight excluding hydrogens is 301 g/mol. The van der Waals surface area contributed by atoms with Crippen LogP contribution in [0.1, 0.15) is 0 Å². The average Bonchev–Trinajstić information content (AvgIpc) is 2.28. The zero-order chi connectivity index (χ0) is 14.9. The molecule has 0 aliphatic heterocycles. The first-order chi connectivity index (χ1) is 9.28. The number of nitrogens with zero attached hydrogens (tertiary/aromatic N) is 1. The van der Waals surface area contributed by atoms with Gasteiger partial charge >= 0.3 is 12.1 Å². The summed E-state index contributed by atoms with van der Waals surface area (Å²) >= 11 is 5.48. The Morgan fingerprint density at radius 2 is 1.85 bits per heavy atom. The van der Waals surface area contributed by atoms with Crippen LogP contribution in [0.15, 0.2) is 39.9 Å². The van der Waals surface area contributed by atoms with E-state index in [1.165, 1.54) is 12.1 Å². The molecule has 0 unspecified atom stereocenters. The Kier molecular flexibility index (Phi) is 3.58. The zero-order valence-corrected chi connectivity index (χ0v) is 10.3. The predicted octanol–water partition coefficient (Wildman–Crippen LogP) is 2.08. The summed E-state index contributed by atoms with van der Waals surface area (Å²) in [6.07, 6.45) is -4.95. The molecular formula is C11H6ClF3N2O3. The van der Waals surface area contributed by atoms with Gasteiger partial charge in [0.15, 0.2) is 5.75 Å². The van der Waals surface area contributed by atoms with Crippen molar-refractivity contribution in [3.05, 3.63) is 56.3 Å². The Balaban J connectivity index is 2.66. The number of H-pyrrole nitrogens is 1. The molecule has 0 aliphatic carbocycles. The molecule has 5 nitrogen and oxygen atoms in total. The Labute approximate surface area is 114 Å². The smallest absolute Gasteiger partial charge is 0.404 e. The topological polar surface area (TPSA) is 64.1 Å². The number of aromatic nitrogens is 2. The normalized spacial score (nSPS) is 11.4. The summed E-state index contributed by atoms with van der Waals surface area (Å²) in [7, 11) is 0.